The Kier molecular flexibility index (Phi) is 4.82. The molecule has 3 aromatic heterocycles. The van der Waals surface area contributed by atoms with Crippen LogP contribution in [-0.4, -0.2) is 20.9 Å². The number of benzene rings is 1. The number of hydrogen-bond acceptors (Lipinski definition) is 6. The smallest absolute Gasteiger partial charge is 0.248 e. The van der Waals surface area contributed by atoms with E-state index in [-0.39, 0.29) is 0 Å². The van der Waals surface area contributed by atoms with Crippen LogP contribution in [0.3, 0.4) is 0 Å². The van der Waals surface area contributed by atoms with E-state index in [0.29, 0.717) is 5.56 Å². The molecule has 0 radical (unpaired) electrons. The average molecular weight is 387 g/mol. The van der Waals surface area contributed by atoms with E-state index in [4.69, 9.17) is 5.73 Å². The van der Waals surface area contributed by atoms with Gasteiger partial charge in [-0.15, -0.1) is 11.3 Å². The van der Waals surface area contributed by atoms with Crippen LogP contribution in [0.1, 0.15) is 15.9 Å². The molecule has 28 heavy (non-hydrogen) atoms. The summed E-state index contributed by atoms with van der Waals surface area (Å²) in [6.45, 7) is 2.02. The summed E-state index contributed by atoms with van der Waals surface area (Å²) in [6, 6.07) is 16.8. The quantitative estimate of drug-likeness (QED) is 0.529. The lowest BCUT2D eigenvalue weighted by atomic mass is 10.1. The maximum atomic E-state index is 11.2. The Hall–Kier alpha value is -3.58. The van der Waals surface area contributed by atoms with E-state index in [0.717, 1.165) is 38.3 Å². The third-order valence-corrected chi connectivity index (χ3v) is 5.16. The van der Waals surface area contributed by atoms with E-state index in [9.17, 15) is 4.79 Å². The molecule has 138 valence electrons. The summed E-state index contributed by atoms with van der Waals surface area (Å²) in [5.74, 6) is 1.03. The van der Waals surface area contributed by atoms with Crippen molar-refractivity contribution in [2.75, 3.05) is 5.32 Å². The van der Waals surface area contributed by atoms with E-state index < -0.39 is 5.91 Å². The Labute approximate surface area is 166 Å². The zero-order valence-corrected chi connectivity index (χ0v) is 15.9. The van der Waals surface area contributed by atoms with Crippen LogP contribution in [0.5, 0.6) is 0 Å². The first-order chi connectivity index (χ1) is 13.6. The summed E-state index contributed by atoms with van der Waals surface area (Å²) in [4.78, 5) is 25.6. The lowest BCUT2D eigenvalue weighted by Gasteiger charge is -2.06. The number of nitrogens with two attached hydrogens (primary N) is 1. The second kappa shape index (κ2) is 7.58. The number of nitrogens with one attached hydrogen (secondary N) is 1. The van der Waals surface area contributed by atoms with Gasteiger partial charge in [0.05, 0.1) is 10.6 Å². The Balaban J connectivity index is 1.57. The van der Waals surface area contributed by atoms with Crippen LogP contribution in [0.15, 0.2) is 67.0 Å². The summed E-state index contributed by atoms with van der Waals surface area (Å²) in [5, 5.41) is 4.08. The summed E-state index contributed by atoms with van der Waals surface area (Å²) in [7, 11) is 0. The van der Waals surface area contributed by atoms with Crippen molar-refractivity contribution >= 4 is 28.9 Å². The lowest BCUT2D eigenvalue weighted by molar-refractivity contribution is 0.100. The van der Waals surface area contributed by atoms with Crippen molar-refractivity contribution in [3.63, 3.8) is 0 Å². The monoisotopic (exact) mass is 387 g/mol. The van der Waals surface area contributed by atoms with Gasteiger partial charge in [-0.25, -0.2) is 15.0 Å². The highest BCUT2D eigenvalue weighted by atomic mass is 32.1. The zero-order valence-electron chi connectivity index (χ0n) is 15.1. The number of carbonyl (C=O) groups excluding carboxylic acids is 1. The largest absolute Gasteiger partial charge is 0.366 e. The number of amides is 1. The molecule has 0 aliphatic carbocycles. The van der Waals surface area contributed by atoms with Gasteiger partial charge in [0.1, 0.15) is 16.6 Å². The summed E-state index contributed by atoms with van der Waals surface area (Å²) < 4.78 is 0. The second-order valence-corrected chi connectivity index (χ2v) is 7.25. The predicted octanol–water partition coefficient (Wildman–Crippen LogP) is 4.42. The molecule has 0 aliphatic rings. The van der Waals surface area contributed by atoms with E-state index in [2.05, 4.69) is 20.3 Å². The zero-order chi connectivity index (χ0) is 19.5. The average Bonchev–Trinajstić information content (AvgIpc) is 3.19. The van der Waals surface area contributed by atoms with Crippen molar-refractivity contribution in [1.82, 2.24) is 15.0 Å². The number of thiazole rings is 1. The van der Waals surface area contributed by atoms with Gasteiger partial charge in [0.25, 0.3) is 0 Å². The highest BCUT2D eigenvalue weighted by Crippen LogP contribution is 2.32. The van der Waals surface area contributed by atoms with Gasteiger partial charge in [-0.1, -0.05) is 18.2 Å². The molecule has 0 saturated carbocycles. The summed E-state index contributed by atoms with van der Waals surface area (Å²) in [6.07, 6.45) is 3.57. The van der Waals surface area contributed by atoms with Crippen molar-refractivity contribution in [3.8, 4) is 21.1 Å². The van der Waals surface area contributed by atoms with E-state index >= 15 is 0 Å². The molecule has 0 spiro atoms. The van der Waals surface area contributed by atoms with Gasteiger partial charge in [0.2, 0.25) is 5.91 Å². The van der Waals surface area contributed by atoms with Gasteiger partial charge < -0.3 is 11.1 Å². The third-order valence-electron chi connectivity index (χ3n) is 4.10. The first-order valence-corrected chi connectivity index (χ1v) is 9.43. The van der Waals surface area contributed by atoms with E-state index in [1.165, 1.54) is 11.3 Å². The molecule has 0 bridgehead atoms. The van der Waals surface area contributed by atoms with Crippen molar-refractivity contribution < 1.29 is 4.79 Å². The number of pyridine rings is 2. The fourth-order valence-corrected chi connectivity index (χ4v) is 3.57. The van der Waals surface area contributed by atoms with Crippen LogP contribution in [0.2, 0.25) is 0 Å². The molecule has 4 aromatic rings. The molecule has 0 aliphatic heterocycles. The standard InChI is InChI=1S/C21H17N5OS/c1-13-9-10-23-19(11-13)26-18-4-2-3-16(25-18)17-12-24-21(28-17)15-7-5-14(6-8-15)20(22)27/h2-12H,1H3,(H2,22,27)(H,23,25,26). The number of primary amides is 1. The minimum Gasteiger partial charge on any atom is -0.366 e. The van der Waals surface area contributed by atoms with Crippen LogP contribution in [0.25, 0.3) is 21.1 Å². The van der Waals surface area contributed by atoms with Gasteiger partial charge in [0, 0.05) is 23.5 Å². The van der Waals surface area contributed by atoms with Crippen LogP contribution in [0.4, 0.5) is 11.6 Å². The highest BCUT2D eigenvalue weighted by Gasteiger charge is 2.09. The van der Waals surface area contributed by atoms with Crippen LogP contribution in [-0.2, 0) is 0 Å². The molecule has 3 N–H and O–H groups in total. The lowest BCUT2D eigenvalue weighted by Crippen LogP contribution is -2.10. The Morgan fingerprint density at radius 1 is 1.04 bits per heavy atom. The Morgan fingerprint density at radius 3 is 2.61 bits per heavy atom. The molecule has 1 amide bonds. The maximum absolute atomic E-state index is 11.2. The number of hydrogen-bond donors (Lipinski definition) is 2. The molecular weight excluding hydrogens is 370 g/mol. The molecule has 0 atom stereocenters. The van der Waals surface area contributed by atoms with Crippen LogP contribution >= 0.6 is 11.3 Å². The summed E-state index contributed by atoms with van der Waals surface area (Å²) >= 11 is 1.54. The molecule has 7 heteroatoms. The van der Waals surface area contributed by atoms with Gasteiger partial charge in [-0.2, -0.15) is 0 Å². The topological polar surface area (TPSA) is 93.8 Å². The van der Waals surface area contributed by atoms with Gasteiger partial charge in [-0.3, -0.25) is 4.79 Å². The predicted molar refractivity (Wildman–Crippen MR) is 112 cm³/mol. The van der Waals surface area contributed by atoms with Crippen molar-refractivity contribution in [3.05, 3.63) is 78.1 Å². The minimum absolute atomic E-state index is 0.442. The molecule has 0 saturated heterocycles. The molecule has 3 heterocycles. The molecule has 4 rings (SSSR count). The SMILES string of the molecule is Cc1ccnc(Nc2cccc(-c3cnc(-c4ccc(C(N)=O)cc4)s3)n2)c1. The van der Waals surface area contributed by atoms with Gasteiger partial charge in [0.15, 0.2) is 0 Å². The Bertz CT molecular complexity index is 1140. The molecular formula is C21H17N5OS. The fourth-order valence-electron chi connectivity index (χ4n) is 2.68. The minimum atomic E-state index is -0.442. The molecule has 0 unspecified atom stereocenters. The maximum Gasteiger partial charge on any atom is 0.248 e. The van der Waals surface area contributed by atoms with Gasteiger partial charge in [-0.05, 0) is 48.9 Å². The van der Waals surface area contributed by atoms with E-state index in [1.54, 1.807) is 24.5 Å². The third kappa shape index (κ3) is 3.89. The van der Waals surface area contributed by atoms with Crippen LogP contribution in [0, 0.1) is 6.92 Å². The number of rotatable bonds is 5. The first kappa shape index (κ1) is 17.8. The normalized spacial score (nSPS) is 10.6. The van der Waals surface area contributed by atoms with Crippen molar-refractivity contribution in [2.45, 2.75) is 6.92 Å². The molecule has 1 aromatic carbocycles. The summed E-state index contributed by atoms with van der Waals surface area (Å²) in [5.41, 5.74) is 8.65. The number of aryl methyl sites for hydroxylation is 1. The fraction of sp³-hybridized carbons (Fsp3) is 0.0476. The van der Waals surface area contributed by atoms with Crippen LogP contribution < -0.4 is 11.1 Å². The van der Waals surface area contributed by atoms with Gasteiger partial charge >= 0.3 is 0 Å². The highest BCUT2D eigenvalue weighted by molar-refractivity contribution is 7.18. The number of nitrogens with zero attached hydrogens (tertiary/aromatic N) is 3. The molecule has 0 fully saturated rings. The molecule has 6 nitrogen and oxygen atoms in total. The second-order valence-electron chi connectivity index (χ2n) is 6.22. The first-order valence-electron chi connectivity index (χ1n) is 8.62. The van der Waals surface area contributed by atoms with Crippen molar-refractivity contribution in [2.24, 2.45) is 5.73 Å². The van der Waals surface area contributed by atoms with Crippen molar-refractivity contribution in [1.29, 1.82) is 0 Å². The number of anilines is 2. The van der Waals surface area contributed by atoms with E-state index in [1.807, 2.05) is 49.4 Å². The Morgan fingerprint density at radius 2 is 1.86 bits per heavy atom. The number of aromatic nitrogens is 3. The number of carbonyl (C=O) groups is 1.